The van der Waals surface area contributed by atoms with Gasteiger partial charge in [-0.05, 0) is 30.7 Å². The van der Waals surface area contributed by atoms with Gasteiger partial charge < -0.3 is 10.4 Å². The number of aryl methyl sites for hydroxylation is 1. The highest BCUT2D eigenvalue weighted by Gasteiger charge is 2.14. The van der Waals surface area contributed by atoms with Crippen LogP contribution in [-0.4, -0.2) is 16.0 Å². The minimum Gasteiger partial charge on any atom is -0.388 e. The molecule has 2 aromatic rings. The second kappa shape index (κ2) is 7.22. The molecule has 0 saturated carbocycles. The zero-order valence-corrected chi connectivity index (χ0v) is 13.6. The van der Waals surface area contributed by atoms with E-state index in [1.165, 1.54) is 11.3 Å². The molecule has 1 aromatic carbocycles. The van der Waals surface area contributed by atoms with Crippen molar-refractivity contribution in [3.05, 3.63) is 49.9 Å². The monoisotopic (exact) mass is 344 g/mol. The van der Waals surface area contributed by atoms with Gasteiger partial charge in [0.05, 0.1) is 30.3 Å². The maximum atomic E-state index is 11.9. The molecule has 0 bridgehead atoms. The number of aromatic nitrogens is 1. The van der Waals surface area contributed by atoms with Gasteiger partial charge in [0.1, 0.15) is 0 Å². The molecular weight excluding hydrogens is 331 g/mol. The predicted molar refractivity (Wildman–Crippen MR) is 84.7 cm³/mol. The summed E-state index contributed by atoms with van der Waals surface area (Å²) < 4.78 is 0. The first-order valence-corrected chi connectivity index (χ1v) is 7.89. The number of thiazole rings is 1. The van der Waals surface area contributed by atoms with E-state index in [0.717, 1.165) is 10.6 Å². The maximum Gasteiger partial charge on any atom is 0.223 e. The molecule has 0 saturated heterocycles. The summed E-state index contributed by atoms with van der Waals surface area (Å²) in [5, 5.41) is 13.7. The molecule has 0 fully saturated rings. The van der Waals surface area contributed by atoms with Crippen molar-refractivity contribution in [2.75, 3.05) is 0 Å². The van der Waals surface area contributed by atoms with Crippen molar-refractivity contribution in [2.45, 2.75) is 26.0 Å². The third-order valence-electron chi connectivity index (χ3n) is 2.94. The van der Waals surface area contributed by atoms with E-state index >= 15 is 0 Å². The summed E-state index contributed by atoms with van der Waals surface area (Å²) in [5.74, 6) is -0.244. The van der Waals surface area contributed by atoms with Gasteiger partial charge in [-0.2, -0.15) is 0 Å². The normalized spacial score (nSPS) is 12.2. The van der Waals surface area contributed by atoms with Crippen molar-refractivity contribution in [3.8, 4) is 0 Å². The molecule has 0 aliphatic carbocycles. The lowest BCUT2D eigenvalue weighted by Crippen LogP contribution is -2.24. The highest BCUT2D eigenvalue weighted by molar-refractivity contribution is 7.09. The van der Waals surface area contributed by atoms with Crippen LogP contribution in [0.4, 0.5) is 0 Å². The van der Waals surface area contributed by atoms with E-state index in [0.29, 0.717) is 22.2 Å². The summed E-state index contributed by atoms with van der Waals surface area (Å²) in [4.78, 5) is 17.0. The van der Waals surface area contributed by atoms with Crippen LogP contribution < -0.4 is 5.32 Å². The molecule has 0 aliphatic heterocycles. The van der Waals surface area contributed by atoms with Crippen LogP contribution >= 0.6 is 34.5 Å². The third-order valence-corrected chi connectivity index (χ3v) is 4.31. The quantitative estimate of drug-likeness (QED) is 0.872. The van der Waals surface area contributed by atoms with Gasteiger partial charge in [0, 0.05) is 14.9 Å². The van der Waals surface area contributed by atoms with Gasteiger partial charge in [-0.15, -0.1) is 11.3 Å². The summed E-state index contributed by atoms with van der Waals surface area (Å²) >= 11 is 13.2. The minimum atomic E-state index is -0.941. The van der Waals surface area contributed by atoms with E-state index in [2.05, 4.69) is 10.3 Å². The first-order valence-electron chi connectivity index (χ1n) is 6.25. The molecule has 7 heteroatoms. The molecule has 1 aromatic heterocycles. The van der Waals surface area contributed by atoms with Crippen molar-refractivity contribution in [1.82, 2.24) is 10.3 Å². The number of nitrogens with one attached hydrogen (secondary N) is 1. The molecular formula is C14H14Cl2N2O2S. The maximum absolute atomic E-state index is 11.9. The Kier molecular flexibility index (Phi) is 5.58. The lowest BCUT2D eigenvalue weighted by atomic mass is 10.1. The standard InChI is InChI=1S/C14H14Cl2N2O2S/c1-8-13(21-7-18-8)6-17-14(20)5-12(19)9-2-10(15)4-11(16)3-9/h2-4,7,12,19H,5-6H2,1H3,(H,17,20)/t12-/m0/s1. The fraction of sp³-hybridized carbons (Fsp3) is 0.286. The second-order valence-electron chi connectivity index (χ2n) is 4.56. The summed E-state index contributed by atoms with van der Waals surface area (Å²) in [5.41, 5.74) is 3.17. The number of aliphatic hydroxyl groups excluding tert-OH is 1. The molecule has 1 atom stereocenters. The number of nitrogens with zero attached hydrogens (tertiary/aromatic N) is 1. The topological polar surface area (TPSA) is 62.2 Å². The minimum absolute atomic E-state index is 0.0471. The largest absolute Gasteiger partial charge is 0.388 e. The van der Waals surface area contributed by atoms with Gasteiger partial charge in [0.2, 0.25) is 5.91 Å². The Hall–Kier alpha value is -1.14. The second-order valence-corrected chi connectivity index (χ2v) is 6.37. The van der Waals surface area contributed by atoms with E-state index in [4.69, 9.17) is 23.2 Å². The van der Waals surface area contributed by atoms with Crippen LogP contribution in [-0.2, 0) is 11.3 Å². The Morgan fingerprint density at radius 2 is 2.05 bits per heavy atom. The number of carbonyl (C=O) groups excluding carboxylic acids is 1. The van der Waals surface area contributed by atoms with Crippen LogP contribution in [0.2, 0.25) is 10.0 Å². The number of rotatable bonds is 5. The summed E-state index contributed by atoms with van der Waals surface area (Å²) in [6.07, 6.45) is -0.988. The van der Waals surface area contributed by atoms with Crippen molar-refractivity contribution >= 4 is 40.4 Å². The average Bonchev–Trinajstić information content (AvgIpc) is 2.80. The fourth-order valence-corrected chi connectivity index (χ4v) is 3.07. The Labute approximate surface area is 136 Å². The molecule has 0 unspecified atom stereocenters. The number of carbonyl (C=O) groups is 1. The zero-order valence-electron chi connectivity index (χ0n) is 11.3. The number of benzene rings is 1. The Balaban J connectivity index is 1.91. The molecule has 4 nitrogen and oxygen atoms in total. The SMILES string of the molecule is Cc1ncsc1CNC(=O)C[C@H](O)c1cc(Cl)cc(Cl)c1. The summed E-state index contributed by atoms with van der Waals surface area (Å²) in [6.45, 7) is 2.30. The number of amides is 1. The first-order chi connectivity index (χ1) is 9.95. The molecule has 0 spiro atoms. The highest BCUT2D eigenvalue weighted by atomic mass is 35.5. The van der Waals surface area contributed by atoms with Crippen LogP contribution in [0.5, 0.6) is 0 Å². The summed E-state index contributed by atoms with van der Waals surface area (Å²) in [6, 6.07) is 4.77. The van der Waals surface area contributed by atoms with Crippen LogP contribution in [0.25, 0.3) is 0 Å². The van der Waals surface area contributed by atoms with Gasteiger partial charge in [0.15, 0.2) is 0 Å². The van der Waals surface area contributed by atoms with Crippen LogP contribution in [0.15, 0.2) is 23.7 Å². The van der Waals surface area contributed by atoms with Crippen LogP contribution in [0.3, 0.4) is 0 Å². The molecule has 112 valence electrons. The molecule has 2 rings (SSSR count). The van der Waals surface area contributed by atoms with E-state index in [9.17, 15) is 9.90 Å². The average molecular weight is 345 g/mol. The summed E-state index contributed by atoms with van der Waals surface area (Å²) in [7, 11) is 0. The third kappa shape index (κ3) is 4.68. The molecule has 21 heavy (non-hydrogen) atoms. The van der Waals surface area contributed by atoms with Crippen molar-refractivity contribution in [1.29, 1.82) is 0 Å². The van der Waals surface area contributed by atoms with Gasteiger partial charge in [-0.3, -0.25) is 4.79 Å². The van der Waals surface area contributed by atoms with Gasteiger partial charge in [0.25, 0.3) is 0 Å². The zero-order chi connectivity index (χ0) is 15.4. The molecule has 1 amide bonds. The first kappa shape index (κ1) is 16.2. The van der Waals surface area contributed by atoms with Gasteiger partial charge in [-0.1, -0.05) is 23.2 Å². The van der Waals surface area contributed by atoms with Gasteiger partial charge >= 0.3 is 0 Å². The number of halogens is 2. The van der Waals surface area contributed by atoms with Crippen molar-refractivity contribution in [3.63, 3.8) is 0 Å². The smallest absolute Gasteiger partial charge is 0.223 e. The molecule has 0 radical (unpaired) electrons. The number of hydrogen-bond acceptors (Lipinski definition) is 4. The molecule has 1 heterocycles. The Morgan fingerprint density at radius 3 is 2.62 bits per heavy atom. The fourth-order valence-electron chi connectivity index (χ4n) is 1.81. The Morgan fingerprint density at radius 1 is 1.38 bits per heavy atom. The van der Waals surface area contributed by atoms with Crippen molar-refractivity contribution < 1.29 is 9.90 Å². The van der Waals surface area contributed by atoms with E-state index in [1.807, 2.05) is 6.92 Å². The van der Waals surface area contributed by atoms with E-state index in [1.54, 1.807) is 23.7 Å². The van der Waals surface area contributed by atoms with E-state index < -0.39 is 6.10 Å². The Bertz CT molecular complexity index is 625. The molecule has 2 N–H and O–H groups in total. The lowest BCUT2D eigenvalue weighted by molar-refractivity contribution is -0.123. The number of aliphatic hydroxyl groups is 1. The van der Waals surface area contributed by atoms with Crippen LogP contribution in [0.1, 0.15) is 28.7 Å². The predicted octanol–water partition coefficient (Wildman–Crippen LogP) is 3.50. The molecule has 0 aliphatic rings. The highest BCUT2D eigenvalue weighted by Crippen LogP contribution is 2.25. The van der Waals surface area contributed by atoms with Crippen LogP contribution in [0, 0.1) is 6.92 Å². The van der Waals surface area contributed by atoms with Gasteiger partial charge in [-0.25, -0.2) is 4.98 Å². The van der Waals surface area contributed by atoms with E-state index in [-0.39, 0.29) is 12.3 Å². The number of hydrogen-bond donors (Lipinski definition) is 2. The lowest BCUT2D eigenvalue weighted by Gasteiger charge is -2.12. The van der Waals surface area contributed by atoms with Crippen molar-refractivity contribution in [2.24, 2.45) is 0 Å².